The number of rotatable bonds is 4. The third-order valence-corrected chi connectivity index (χ3v) is 5.00. The van der Waals surface area contributed by atoms with Crippen LogP contribution in [0.25, 0.3) is 32.6 Å². The van der Waals surface area contributed by atoms with Crippen molar-refractivity contribution >= 4 is 32.7 Å². The van der Waals surface area contributed by atoms with E-state index in [0.717, 1.165) is 32.6 Å². The highest BCUT2D eigenvalue weighted by molar-refractivity contribution is 7.22. The van der Waals surface area contributed by atoms with E-state index >= 15 is 0 Å². The molecule has 4 aromatic rings. The maximum atomic E-state index is 11.9. The summed E-state index contributed by atoms with van der Waals surface area (Å²) in [4.78, 5) is 25.2. The minimum atomic E-state index is -0.261. The number of hydrogen-bond donors (Lipinski definition) is 2. The van der Waals surface area contributed by atoms with E-state index in [1.807, 2.05) is 49.5 Å². The van der Waals surface area contributed by atoms with Gasteiger partial charge in [0.1, 0.15) is 0 Å². The van der Waals surface area contributed by atoms with Gasteiger partial charge in [0.05, 0.1) is 15.9 Å². The summed E-state index contributed by atoms with van der Waals surface area (Å²) >= 11 is 1.44. The topological polar surface area (TPSA) is 79.8 Å². The lowest BCUT2D eigenvalue weighted by Crippen LogP contribution is -2.28. The molecule has 0 atom stereocenters. The average Bonchev–Trinajstić information content (AvgIpc) is 3.11. The fourth-order valence-electron chi connectivity index (χ4n) is 2.80. The fourth-order valence-corrected chi connectivity index (χ4v) is 3.76. The van der Waals surface area contributed by atoms with E-state index in [1.54, 1.807) is 12.4 Å². The van der Waals surface area contributed by atoms with Gasteiger partial charge >= 0.3 is 6.03 Å². The first-order valence-electron chi connectivity index (χ1n) is 8.56. The molecule has 0 aliphatic heterocycles. The van der Waals surface area contributed by atoms with Crippen molar-refractivity contribution < 1.29 is 4.79 Å². The lowest BCUT2D eigenvalue weighted by atomic mass is 10.0. The zero-order valence-corrected chi connectivity index (χ0v) is 15.5. The SMILES string of the molecule is CCNC(=O)Nc1nc2cc(-c3cccnc3)cc(-c3ccccn3)c2s1. The Morgan fingerprint density at radius 3 is 2.78 bits per heavy atom. The third-order valence-electron chi connectivity index (χ3n) is 3.98. The molecule has 0 unspecified atom stereocenters. The number of carbonyl (C=O) groups excluding carboxylic acids is 1. The quantitative estimate of drug-likeness (QED) is 0.548. The zero-order chi connectivity index (χ0) is 18.6. The van der Waals surface area contributed by atoms with Crippen LogP contribution in [0.15, 0.2) is 61.1 Å². The number of nitrogens with zero attached hydrogens (tertiary/aromatic N) is 3. The summed E-state index contributed by atoms with van der Waals surface area (Å²) in [7, 11) is 0. The number of fused-ring (bicyclic) bond motifs is 1. The first-order chi connectivity index (χ1) is 13.2. The molecular formula is C20H17N5OS. The van der Waals surface area contributed by atoms with Crippen LogP contribution in [0.2, 0.25) is 0 Å². The highest BCUT2D eigenvalue weighted by Crippen LogP contribution is 2.37. The number of thiazole rings is 1. The van der Waals surface area contributed by atoms with Crippen LogP contribution in [0.5, 0.6) is 0 Å². The van der Waals surface area contributed by atoms with Gasteiger partial charge < -0.3 is 5.32 Å². The van der Waals surface area contributed by atoms with Crippen LogP contribution in [0.1, 0.15) is 6.92 Å². The number of anilines is 1. The molecule has 7 heteroatoms. The minimum absolute atomic E-state index is 0.261. The van der Waals surface area contributed by atoms with E-state index in [1.165, 1.54) is 11.3 Å². The lowest BCUT2D eigenvalue weighted by molar-refractivity contribution is 0.252. The zero-order valence-electron chi connectivity index (χ0n) is 14.6. The Labute approximate surface area is 160 Å². The maximum Gasteiger partial charge on any atom is 0.321 e. The molecule has 1 aromatic carbocycles. The Morgan fingerprint density at radius 1 is 1.11 bits per heavy atom. The Balaban J connectivity index is 1.86. The average molecular weight is 375 g/mol. The number of amides is 2. The largest absolute Gasteiger partial charge is 0.338 e. The molecule has 6 nitrogen and oxygen atoms in total. The Kier molecular flexibility index (Phi) is 4.76. The number of hydrogen-bond acceptors (Lipinski definition) is 5. The predicted molar refractivity (Wildman–Crippen MR) is 109 cm³/mol. The van der Waals surface area contributed by atoms with Crippen molar-refractivity contribution in [2.75, 3.05) is 11.9 Å². The van der Waals surface area contributed by atoms with Crippen molar-refractivity contribution in [1.82, 2.24) is 20.3 Å². The van der Waals surface area contributed by atoms with Crippen LogP contribution in [0.3, 0.4) is 0 Å². The smallest absolute Gasteiger partial charge is 0.321 e. The van der Waals surface area contributed by atoms with E-state index in [9.17, 15) is 4.79 Å². The van der Waals surface area contributed by atoms with Crippen LogP contribution < -0.4 is 10.6 Å². The minimum Gasteiger partial charge on any atom is -0.338 e. The van der Waals surface area contributed by atoms with Gasteiger partial charge in [-0.25, -0.2) is 9.78 Å². The van der Waals surface area contributed by atoms with Gasteiger partial charge in [-0.2, -0.15) is 0 Å². The Morgan fingerprint density at radius 2 is 2.04 bits per heavy atom. The first kappa shape index (κ1) is 17.1. The van der Waals surface area contributed by atoms with Crippen LogP contribution in [-0.2, 0) is 0 Å². The maximum absolute atomic E-state index is 11.9. The van der Waals surface area contributed by atoms with Crippen LogP contribution in [0.4, 0.5) is 9.93 Å². The van der Waals surface area contributed by atoms with E-state index in [2.05, 4.69) is 31.7 Å². The van der Waals surface area contributed by atoms with Crippen molar-refractivity contribution in [3.8, 4) is 22.4 Å². The summed E-state index contributed by atoms with van der Waals surface area (Å²) in [6, 6.07) is 13.6. The highest BCUT2D eigenvalue weighted by Gasteiger charge is 2.15. The summed E-state index contributed by atoms with van der Waals surface area (Å²) in [6.45, 7) is 2.43. The molecule has 0 aliphatic carbocycles. The molecule has 0 saturated carbocycles. The second-order valence-electron chi connectivity index (χ2n) is 5.83. The van der Waals surface area contributed by atoms with E-state index in [0.29, 0.717) is 11.7 Å². The second kappa shape index (κ2) is 7.51. The van der Waals surface area contributed by atoms with Crippen molar-refractivity contribution in [1.29, 1.82) is 0 Å². The van der Waals surface area contributed by atoms with Crippen molar-refractivity contribution in [2.45, 2.75) is 6.92 Å². The molecule has 3 aromatic heterocycles. The molecule has 27 heavy (non-hydrogen) atoms. The van der Waals surface area contributed by atoms with E-state index in [4.69, 9.17) is 0 Å². The highest BCUT2D eigenvalue weighted by atomic mass is 32.1. The molecule has 4 rings (SSSR count). The van der Waals surface area contributed by atoms with E-state index < -0.39 is 0 Å². The number of urea groups is 1. The standard InChI is InChI=1S/C20H17N5OS/c1-2-22-19(26)25-20-24-17-11-14(13-6-5-8-21-12-13)10-15(18(17)27-20)16-7-3-4-9-23-16/h3-12H,2H2,1H3,(H2,22,24,25,26). The molecule has 2 amide bonds. The number of benzene rings is 1. The predicted octanol–water partition coefficient (Wildman–Crippen LogP) is 4.56. The summed E-state index contributed by atoms with van der Waals surface area (Å²) in [5, 5.41) is 6.06. The van der Waals surface area contributed by atoms with Crippen molar-refractivity contribution in [3.63, 3.8) is 0 Å². The number of pyridine rings is 2. The summed E-state index contributed by atoms with van der Waals surface area (Å²) in [5.74, 6) is 0. The van der Waals surface area contributed by atoms with Gasteiger partial charge in [0.2, 0.25) is 0 Å². The molecule has 0 aliphatic rings. The van der Waals surface area contributed by atoms with Gasteiger partial charge in [0.25, 0.3) is 0 Å². The van der Waals surface area contributed by atoms with Gasteiger partial charge in [0, 0.05) is 36.3 Å². The van der Waals surface area contributed by atoms with Gasteiger partial charge in [0.15, 0.2) is 5.13 Å². The fraction of sp³-hybridized carbons (Fsp3) is 0.100. The molecule has 0 spiro atoms. The molecule has 3 heterocycles. The van der Waals surface area contributed by atoms with Gasteiger partial charge in [-0.1, -0.05) is 23.5 Å². The monoisotopic (exact) mass is 375 g/mol. The Hall–Kier alpha value is -3.32. The van der Waals surface area contributed by atoms with Crippen LogP contribution in [0, 0.1) is 0 Å². The third kappa shape index (κ3) is 3.63. The normalized spacial score (nSPS) is 10.7. The molecule has 2 N–H and O–H groups in total. The van der Waals surface area contributed by atoms with E-state index in [-0.39, 0.29) is 6.03 Å². The first-order valence-corrected chi connectivity index (χ1v) is 9.37. The summed E-state index contributed by atoms with van der Waals surface area (Å²) in [5.41, 5.74) is 4.66. The Bertz CT molecular complexity index is 1080. The van der Waals surface area contributed by atoms with Crippen molar-refractivity contribution in [3.05, 3.63) is 61.1 Å². The van der Waals surface area contributed by atoms with Gasteiger partial charge in [-0.15, -0.1) is 0 Å². The van der Waals surface area contributed by atoms with Crippen LogP contribution in [-0.4, -0.2) is 27.5 Å². The molecule has 0 bridgehead atoms. The van der Waals surface area contributed by atoms with Gasteiger partial charge in [-0.3, -0.25) is 15.3 Å². The summed E-state index contributed by atoms with van der Waals surface area (Å²) < 4.78 is 0.980. The number of aromatic nitrogens is 3. The van der Waals surface area contributed by atoms with Gasteiger partial charge in [-0.05, 0) is 42.8 Å². The lowest BCUT2D eigenvalue weighted by Gasteiger charge is -2.06. The van der Waals surface area contributed by atoms with Crippen molar-refractivity contribution in [2.24, 2.45) is 0 Å². The molecule has 0 saturated heterocycles. The second-order valence-corrected chi connectivity index (χ2v) is 6.83. The number of carbonyl (C=O) groups is 1. The van der Waals surface area contributed by atoms with Crippen LogP contribution >= 0.6 is 11.3 Å². The molecule has 0 radical (unpaired) electrons. The molecule has 0 fully saturated rings. The molecule has 134 valence electrons. The molecular weight excluding hydrogens is 358 g/mol. The number of nitrogens with one attached hydrogen (secondary N) is 2. The summed E-state index contributed by atoms with van der Waals surface area (Å²) in [6.07, 6.45) is 5.34.